The number of esters is 1. The molecule has 0 spiro atoms. The summed E-state index contributed by atoms with van der Waals surface area (Å²) in [5.74, 6) is -0.449. The number of nitrogens with one attached hydrogen (secondary N) is 1. The molecule has 0 atom stereocenters. The first-order valence-electron chi connectivity index (χ1n) is 7.00. The molecule has 0 aliphatic rings. The van der Waals surface area contributed by atoms with Crippen LogP contribution < -0.4 is 5.73 Å². The van der Waals surface area contributed by atoms with Crippen LogP contribution in [0.1, 0.15) is 23.0 Å². The van der Waals surface area contributed by atoms with Gasteiger partial charge in [0, 0.05) is 34.6 Å². The van der Waals surface area contributed by atoms with Crippen LogP contribution in [0, 0.1) is 0 Å². The third kappa shape index (κ3) is 2.27. The molecule has 6 nitrogen and oxygen atoms in total. The first-order valence-corrected chi connectivity index (χ1v) is 7.00. The molecule has 0 fully saturated rings. The highest BCUT2D eigenvalue weighted by Gasteiger charge is 2.20. The first-order chi connectivity index (χ1) is 10.7. The second kappa shape index (κ2) is 5.65. The number of pyridine rings is 1. The number of nitrogens with two attached hydrogens (primary N) is 1. The number of methoxy groups -OCH3 is 1. The fourth-order valence-corrected chi connectivity index (χ4v) is 2.64. The van der Waals surface area contributed by atoms with Crippen LogP contribution in [0.4, 0.5) is 5.69 Å². The number of fused-ring (bicyclic) bond motifs is 3. The zero-order valence-corrected chi connectivity index (χ0v) is 12.5. The average Bonchev–Trinajstić information content (AvgIpc) is 2.86. The number of carbonyl (C=O) groups excluding carboxylic acids is 1. The molecular weight excluding hydrogens is 282 g/mol. The predicted octanol–water partition coefficient (Wildman–Crippen LogP) is 2.62. The highest BCUT2D eigenvalue weighted by atomic mass is 16.5. The maximum atomic E-state index is 12.1. The number of hydrogen-bond donors (Lipinski definition) is 2. The molecule has 2 aromatic heterocycles. The van der Waals surface area contributed by atoms with E-state index in [-0.39, 0.29) is 12.3 Å². The van der Waals surface area contributed by atoms with E-state index < -0.39 is 5.97 Å². The Balaban J connectivity index is 2.34. The largest absolute Gasteiger partial charge is 0.461 e. The minimum atomic E-state index is -0.449. The van der Waals surface area contributed by atoms with Gasteiger partial charge in [0.05, 0.1) is 24.9 Å². The molecule has 0 amide bonds. The summed E-state index contributed by atoms with van der Waals surface area (Å²) < 4.78 is 10.3. The normalized spacial score (nSPS) is 11.2. The van der Waals surface area contributed by atoms with Crippen LogP contribution in [-0.2, 0) is 16.1 Å². The van der Waals surface area contributed by atoms with E-state index in [2.05, 4.69) is 9.97 Å². The third-order valence-electron chi connectivity index (χ3n) is 3.52. The van der Waals surface area contributed by atoms with Gasteiger partial charge in [-0.3, -0.25) is 0 Å². The predicted molar refractivity (Wildman–Crippen MR) is 84.7 cm³/mol. The minimum Gasteiger partial charge on any atom is -0.461 e. The summed E-state index contributed by atoms with van der Waals surface area (Å²) >= 11 is 0. The lowest BCUT2D eigenvalue weighted by atomic mass is 10.1. The van der Waals surface area contributed by atoms with Crippen molar-refractivity contribution in [3.63, 3.8) is 0 Å². The number of anilines is 1. The maximum Gasteiger partial charge on any atom is 0.357 e. The van der Waals surface area contributed by atoms with E-state index in [0.29, 0.717) is 17.9 Å². The van der Waals surface area contributed by atoms with Gasteiger partial charge in [-0.25, -0.2) is 9.78 Å². The number of aromatic amines is 1. The molecule has 22 heavy (non-hydrogen) atoms. The molecule has 2 heterocycles. The van der Waals surface area contributed by atoms with E-state index in [9.17, 15) is 4.79 Å². The average molecular weight is 299 g/mol. The van der Waals surface area contributed by atoms with Crippen LogP contribution in [0.2, 0.25) is 0 Å². The Morgan fingerprint density at radius 1 is 1.36 bits per heavy atom. The van der Waals surface area contributed by atoms with Crippen molar-refractivity contribution in [2.45, 2.75) is 13.5 Å². The third-order valence-corrected chi connectivity index (χ3v) is 3.52. The van der Waals surface area contributed by atoms with Crippen molar-refractivity contribution in [2.75, 3.05) is 19.5 Å². The maximum absolute atomic E-state index is 12.1. The van der Waals surface area contributed by atoms with Crippen molar-refractivity contribution in [3.8, 4) is 0 Å². The lowest BCUT2D eigenvalue weighted by Gasteiger charge is -2.09. The Bertz CT molecular complexity index is 855. The fraction of sp³-hybridized carbons (Fsp3) is 0.250. The lowest BCUT2D eigenvalue weighted by Crippen LogP contribution is -2.11. The standard InChI is InChI=1S/C16H17N3O3/c1-3-22-16(20)15-11(8-21-2)14-10-6-9(17)4-5-12(10)19-13(14)7-18-15/h4-7,19H,3,8,17H2,1-2H3. The van der Waals surface area contributed by atoms with Gasteiger partial charge in [0.2, 0.25) is 0 Å². The molecule has 0 saturated carbocycles. The topological polar surface area (TPSA) is 90.2 Å². The summed E-state index contributed by atoms with van der Waals surface area (Å²) in [6, 6.07) is 5.61. The quantitative estimate of drug-likeness (QED) is 0.571. The van der Waals surface area contributed by atoms with Crippen molar-refractivity contribution in [1.29, 1.82) is 0 Å². The minimum absolute atomic E-state index is 0.264. The Kier molecular flexibility index (Phi) is 3.68. The van der Waals surface area contributed by atoms with Crippen molar-refractivity contribution >= 4 is 33.5 Å². The number of aromatic nitrogens is 2. The fourth-order valence-electron chi connectivity index (χ4n) is 2.64. The van der Waals surface area contributed by atoms with Gasteiger partial charge < -0.3 is 20.2 Å². The van der Waals surface area contributed by atoms with Crippen molar-refractivity contribution in [1.82, 2.24) is 9.97 Å². The first kappa shape index (κ1) is 14.3. The number of nitrogen functional groups attached to an aromatic ring is 1. The SMILES string of the molecule is CCOC(=O)c1ncc2[nH]c3ccc(N)cc3c2c1COC. The van der Waals surface area contributed by atoms with Crippen LogP contribution in [0.5, 0.6) is 0 Å². The highest BCUT2D eigenvalue weighted by Crippen LogP contribution is 2.31. The summed E-state index contributed by atoms with van der Waals surface area (Å²) in [6.45, 7) is 2.32. The monoisotopic (exact) mass is 299 g/mol. The number of H-pyrrole nitrogens is 1. The summed E-state index contributed by atoms with van der Waals surface area (Å²) in [5, 5.41) is 1.83. The second-order valence-corrected chi connectivity index (χ2v) is 4.96. The van der Waals surface area contributed by atoms with E-state index >= 15 is 0 Å². The van der Waals surface area contributed by atoms with E-state index in [4.69, 9.17) is 15.2 Å². The molecule has 0 unspecified atom stereocenters. The number of carbonyl (C=O) groups is 1. The number of nitrogens with zero attached hydrogens (tertiary/aromatic N) is 1. The zero-order valence-electron chi connectivity index (χ0n) is 12.5. The van der Waals surface area contributed by atoms with E-state index in [1.165, 1.54) is 0 Å². The molecule has 3 rings (SSSR count). The van der Waals surface area contributed by atoms with Gasteiger partial charge in [-0.1, -0.05) is 0 Å². The molecule has 6 heteroatoms. The Hall–Kier alpha value is -2.60. The van der Waals surface area contributed by atoms with Crippen molar-refractivity contribution in [3.05, 3.63) is 35.7 Å². The molecule has 114 valence electrons. The van der Waals surface area contributed by atoms with Crippen LogP contribution >= 0.6 is 0 Å². The molecule has 0 saturated heterocycles. The molecule has 0 radical (unpaired) electrons. The molecule has 3 aromatic rings. The van der Waals surface area contributed by atoms with Gasteiger partial charge in [0.1, 0.15) is 0 Å². The molecule has 1 aromatic carbocycles. The molecular formula is C16H17N3O3. The van der Waals surface area contributed by atoms with Gasteiger partial charge in [-0.05, 0) is 25.1 Å². The molecule has 0 aliphatic carbocycles. The second-order valence-electron chi connectivity index (χ2n) is 4.96. The number of hydrogen-bond acceptors (Lipinski definition) is 5. The summed E-state index contributed by atoms with van der Waals surface area (Å²) in [4.78, 5) is 19.7. The van der Waals surface area contributed by atoms with Gasteiger partial charge in [-0.15, -0.1) is 0 Å². The van der Waals surface area contributed by atoms with Crippen molar-refractivity contribution < 1.29 is 14.3 Å². The van der Waals surface area contributed by atoms with Gasteiger partial charge in [-0.2, -0.15) is 0 Å². The van der Waals surface area contributed by atoms with Crippen molar-refractivity contribution in [2.24, 2.45) is 0 Å². The van der Waals surface area contributed by atoms with Gasteiger partial charge >= 0.3 is 5.97 Å². The number of benzene rings is 1. The van der Waals surface area contributed by atoms with Crippen LogP contribution in [-0.4, -0.2) is 29.7 Å². The van der Waals surface area contributed by atoms with E-state index in [1.807, 2.05) is 18.2 Å². The van der Waals surface area contributed by atoms with E-state index in [1.54, 1.807) is 20.2 Å². The van der Waals surface area contributed by atoms with Crippen LogP contribution in [0.25, 0.3) is 21.8 Å². The smallest absolute Gasteiger partial charge is 0.357 e. The Morgan fingerprint density at radius 3 is 2.91 bits per heavy atom. The van der Waals surface area contributed by atoms with Gasteiger partial charge in [0.15, 0.2) is 5.69 Å². The Morgan fingerprint density at radius 2 is 2.18 bits per heavy atom. The zero-order chi connectivity index (χ0) is 15.7. The molecule has 0 bridgehead atoms. The summed E-state index contributed by atoms with van der Waals surface area (Å²) in [5.41, 5.74) is 9.30. The van der Waals surface area contributed by atoms with Crippen LogP contribution in [0.15, 0.2) is 24.4 Å². The summed E-state index contributed by atoms with van der Waals surface area (Å²) in [7, 11) is 1.58. The number of ether oxygens (including phenoxy) is 2. The number of rotatable bonds is 4. The highest BCUT2D eigenvalue weighted by molar-refractivity contribution is 6.11. The molecule has 3 N–H and O–H groups in total. The summed E-state index contributed by atoms with van der Waals surface area (Å²) in [6.07, 6.45) is 1.64. The lowest BCUT2D eigenvalue weighted by molar-refractivity contribution is 0.0514. The van der Waals surface area contributed by atoms with Crippen LogP contribution in [0.3, 0.4) is 0 Å². The van der Waals surface area contributed by atoms with Gasteiger partial charge in [0.25, 0.3) is 0 Å². The van der Waals surface area contributed by atoms with E-state index in [0.717, 1.165) is 21.8 Å². The Labute approximate surface area is 127 Å². The molecule has 0 aliphatic heterocycles.